The zero-order valence-electron chi connectivity index (χ0n) is 15.2. The molecule has 0 unspecified atom stereocenters. The van der Waals surface area contributed by atoms with E-state index in [9.17, 15) is 14.7 Å². The Morgan fingerprint density at radius 2 is 1.85 bits per heavy atom. The van der Waals surface area contributed by atoms with Crippen molar-refractivity contribution in [1.29, 1.82) is 0 Å². The number of benzene rings is 1. The molecule has 2 aromatic heterocycles. The van der Waals surface area contributed by atoms with E-state index >= 15 is 0 Å². The van der Waals surface area contributed by atoms with Gasteiger partial charge in [-0.05, 0) is 12.0 Å². The number of hydrogen-bond donors (Lipinski definition) is 1. The second-order valence-electron chi connectivity index (χ2n) is 6.49. The Labute approximate surface area is 154 Å². The van der Waals surface area contributed by atoms with Gasteiger partial charge in [0.15, 0.2) is 11.2 Å². The quantitative estimate of drug-likeness (QED) is 0.701. The van der Waals surface area contributed by atoms with Crippen LogP contribution in [-0.4, -0.2) is 42.7 Å². The molecule has 0 fully saturated rings. The molecular formula is C18H20N6O3. The van der Waals surface area contributed by atoms with Crippen molar-refractivity contribution in [1.82, 2.24) is 18.7 Å². The van der Waals surface area contributed by atoms with Crippen molar-refractivity contribution < 1.29 is 5.11 Å². The molecule has 0 saturated carbocycles. The minimum atomic E-state index is -0.422. The number of anilines is 1. The smallest absolute Gasteiger partial charge is 0.332 e. The molecular weight excluding hydrogens is 348 g/mol. The first-order chi connectivity index (χ1) is 13.0. The third kappa shape index (κ3) is 2.67. The summed E-state index contributed by atoms with van der Waals surface area (Å²) in [5.74, 6) is 0.497. The first-order valence-corrected chi connectivity index (χ1v) is 8.70. The summed E-state index contributed by atoms with van der Waals surface area (Å²) >= 11 is 0. The highest BCUT2D eigenvalue weighted by molar-refractivity contribution is 6.02. The van der Waals surface area contributed by atoms with E-state index in [-0.39, 0.29) is 12.2 Å². The molecule has 0 saturated heterocycles. The average Bonchev–Trinajstić information content (AvgIpc) is 3.09. The second-order valence-corrected chi connectivity index (χ2v) is 6.49. The van der Waals surface area contributed by atoms with Crippen LogP contribution in [0.25, 0.3) is 11.2 Å². The summed E-state index contributed by atoms with van der Waals surface area (Å²) in [5.41, 5.74) is 1.62. The molecule has 0 atom stereocenters. The number of aromatic nitrogens is 4. The Bertz CT molecular complexity index is 1160. The molecule has 1 aliphatic rings. The highest BCUT2D eigenvalue weighted by Gasteiger charge is 2.27. The van der Waals surface area contributed by atoms with Crippen LogP contribution in [0.5, 0.6) is 0 Å². The zero-order valence-corrected chi connectivity index (χ0v) is 15.2. The highest BCUT2D eigenvalue weighted by Crippen LogP contribution is 2.25. The first-order valence-electron chi connectivity index (χ1n) is 8.70. The molecule has 0 spiro atoms. The number of aliphatic hydroxyl groups excluding tert-OH is 1. The Hall–Kier alpha value is -3.20. The molecule has 1 N–H and O–H groups in total. The summed E-state index contributed by atoms with van der Waals surface area (Å²) in [4.78, 5) is 29.6. The molecule has 4 rings (SSSR count). The standard InChI is InChI=1S/C18H20N6O3/c1-21-15-14(16(26)22(2)18(21)27)23-11-13(12-7-4-3-5-8-12)20-24(9-6-10-25)17(23)19-15/h3-5,7-8,25H,6,9-11H2,1-2H3. The molecule has 140 valence electrons. The first kappa shape index (κ1) is 17.2. The Morgan fingerprint density at radius 3 is 2.56 bits per heavy atom. The van der Waals surface area contributed by atoms with Gasteiger partial charge in [0.1, 0.15) is 0 Å². The fourth-order valence-electron chi connectivity index (χ4n) is 3.30. The molecule has 1 aliphatic heterocycles. The van der Waals surface area contributed by atoms with Gasteiger partial charge >= 0.3 is 5.69 Å². The van der Waals surface area contributed by atoms with Crippen LogP contribution in [0.2, 0.25) is 0 Å². The lowest BCUT2D eigenvalue weighted by atomic mass is 10.1. The van der Waals surface area contributed by atoms with Gasteiger partial charge in [0.2, 0.25) is 5.95 Å². The van der Waals surface area contributed by atoms with Crippen LogP contribution in [0.3, 0.4) is 0 Å². The second kappa shape index (κ2) is 6.51. The van der Waals surface area contributed by atoms with E-state index in [1.54, 1.807) is 16.6 Å². The molecule has 27 heavy (non-hydrogen) atoms. The van der Waals surface area contributed by atoms with Crippen molar-refractivity contribution in [2.24, 2.45) is 19.2 Å². The van der Waals surface area contributed by atoms with Gasteiger partial charge in [-0.25, -0.2) is 9.80 Å². The molecule has 3 aromatic rings. The maximum Gasteiger partial charge on any atom is 0.332 e. The fourth-order valence-corrected chi connectivity index (χ4v) is 3.30. The number of nitrogens with zero attached hydrogens (tertiary/aromatic N) is 6. The summed E-state index contributed by atoms with van der Waals surface area (Å²) in [5, 5.41) is 15.6. The molecule has 9 heteroatoms. The molecule has 0 radical (unpaired) electrons. The third-order valence-corrected chi connectivity index (χ3v) is 4.74. The van der Waals surface area contributed by atoms with Gasteiger partial charge in [-0.3, -0.25) is 18.5 Å². The fraction of sp³-hybridized carbons (Fsp3) is 0.333. The number of aliphatic hydroxyl groups is 1. The van der Waals surface area contributed by atoms with E-state index in [0.29, 0.717) is 36.6 Å². The lowest BCUT2D eigenvalue weighted by Crippen LogP contribution is -2.38. The largest absolute Gasteiger partial charge is 0.396 e. The number of fused-ring (bicyclic) bond motifs is 3. The van der Waals surface area contributed by atoms with Crippen molar-refractivity contribution in [2.45, 2.75) is 13.0 Å². The Balaban J connectivity index is 1.96. The van der Waals surface area contributed by atoms with Gasteiger partial charge in [-0.1, -0.05) is 30.3 Å². The number of aryl methyl sites for hydroxylation is 1. The SMILES string of the molecule is Cn1c(=O)c2c(nc3n2CC(c2ccccc2)=NN3CCCO)n(C)c1=O. The molecule has 0 amide bonds. The van der Waals surface area contributed by atoms with E-state index in [0.717, 1.165) is 15.8 Å². The van der Waals surface area contributed by atoms with Crippen LogP contribution in [0.4, 0.5) is 5.95 Å². The van der Waals surface area contributed by atoms with Crippen molar-refractivity contribution in [2.75, 3.05) is 18.2 Å². The van der Waals surface area contributed by atoms with Crippen LogP contribution in [0, 0.1) is 0 Å². The summed E-state index contributed by atoms with van der Waals surface area (Å²) < 4.78 is 4.25. The van der Waals surface area contributed by atoms with Crippen LogP contribution >= 0.6 is 0 Å². The van der Waals surface area contributed by atoms with Gasteiger partial charge in [-0.2, -0.15) is 10.1 Å². The molecule has 0 bridgehead atoms. The van der Waals surface area contributed by atoms with Crippen molar-refractivity contribution >= 4 is 22.8 Å². The van der Waals surface area contributed by atoms with Crippen molar-refractivity contribution in [3.05, 3.63) is 56.7 Å². The predicted molar refractivity (Wildman–Crippen MR) is 102 cm³/mol. The molecule has 0 aliphatic carbocycles. The Kier molecular flexibility index (Phi) is 4.15. The molecule has 3 heterocycles. The summed E-state index contributed by atoms with van der Waals surface area (Å²) in [6.07, 6.45) is 0.506. The number of rotatable bonds is 4. The lowest BCUT2D eigenvalue weighted by Gasteiger charge is -2.26. The van der Waals surface area contributed by atoms with Crippen molar-refractivity contribution in [3.8, 4) is 0 Å². The highest BCUT2D eigenvalue weighted by atomic mass is 16.3. The third-order valence-electron chi connectivity index (χ3n) is 4.74. The normalized spacial score (nSPS) is 13.7. The average molecular weight is 368 g/mol. The van der Waals surface area contributed by atoms with E-state index in [4.69, 9.17) is 0 Å². The zero-order chi connectivity index (χ0) is 19.1. The number of hydrogen-bond acceptors (Lipinski definition) is 6. The summed E-state index contributed by atoms with van der Waals surface area (Å²) in [6, 6.07) is 9.71. The number of hydrazone groups is 1. The van der Waals surface area contributed by atoms with Gasteiger partial charge in [0, 0.05) is 27.2 Å². The van der Waals surface area contributed by atoms with Crippen LogP contribution < -0.4 is 16.3 Å². The maximum absolute atomic E-state index is 12.8. The number of imidazole rings is 1. The van der Waals surface area contributed by atoms with Gasteiger partial charge in [-0.15, -0.1) is 0 Å². The van der Waals surface area contributed by atoms with Gasteiger partial charge < -0.3 is 5.11 Å². The van der Waals surface area contributed by atoms with Gasteiger partial charge in [0.25, 0.3) is 5.56 Å². The van der Waals surface area contributed by atoms with Crippen LogP contribution in [-0.2, 0) is 20.6 Å². The van der Waals surface area contributed by atoms with E-state index in [1.807, 2.05) is 30.3 Å². The van der Waals surface area contributed by atoms with E-state index in [2.05, 4.69) is 10.1 Å². The summed E-state index contributed by atoms with van der Waals surface area (Å²) in [7, 11) is 3.06. The minimum Gasteiger partial charge on any atom is -0.396 e. The summed E-state index contributed by atoms with van der Waals surface area (Å²) in [6.45, 7) is 0.844. The van der Waals surface area contributed by atoms with E-state index in [1.165, 1.54) is 11.6 Å². The lowest BCUT2D eigenvalue weighted by molar-refractivity contribution is 0.289. The topological polar surface area (TPSA) is 97.7 Å². The molecule has 1 aromatic carbocycles. The Morgan fingerprint density at radius 1 is 1.11 bits per heavy atom. The van der Waals surface area contributed by atoms with Gasteiger partial charge in [0.05, 0.1) is 12.3 Å². The van der Waals surface area contributed by atoms with Crippen LogP contribution in [0.1, 0.15) is 12.0 Å². The predicted octanol–water partition coefficient (Wildman–Crippen LogP) is 0.0404. The van der Waals surface area contributed by atoms with E-state index < -0.39 is 5.69 Å². The monoisotopic (exact) mass is 368 g/mol. The molecule has 9 nitrogen and oxygen atoms in total. The van der Waals surface area contributed by atoms with Crippen molar-refractivity contribution in [3.63, 3.8) is 0 Å². The minimum absolute atomic E-state index is 0.0210. The van der Waals surface area contributed by atoms with Crippen LogP contribution in [0.15, 0.2) is 45.0 Å². The maximum atomic E-state index is 12.8.